The van der Waals surface area contributed by atoms with Crippen molar-refractivity contribution in [1.82, 2.24) is 9.91 Å². The van der Waals surface area contributed by atoms with Crippen LogP contribution in [0.5, 0.6) is 0 Å². The highest BCUT2D eigenvalue weighted by molar-refractivity contribution is 6.43. The van der Waals surface area contributed by atoms with Crippen molar-refractivity contribution in [3.63, 3.8) is 0 Å². The molecule has 1 heterocycles. The van der Waals surface area contributed by atoms with E-state index < -0.39 is 0 Å². The number of hydrazone groups is 1. The van der Waals surface area contributed by atoms with Crippen LogP contribution in [-0.4, -0.2) is 42.3 Å². The van der Waals surface area contributed by atoms with Crippen LogP contribution in [0.3, 0.4) is 0 Å². The summed E-state index contributed by atoms with van der Waals surface area (Å²) >= 11 is 12.2. The van der Waals surface area contributed by atoms with Gasteiger partial charge in [-0.25, -0.2) is 0 Å². The number of aryl methyl sites for hydroxylation is 2. The molecule has 0 spiro atoms. The van der Waals surface area contributed by atoms with Crippen LogP contribution in [0.25, 0.3) is 0 Å². The van der Waals surface area contributed by atoms with Crippen molar-refractivity contribution in [2.24, 2.45) is 5.10 Å². The van der Waals surface area contributed by atoms with Gasteiger partial charge in [0.1, 0.15) is 0 Å². The van der Waals surface area contributed by atoms with Crippen LogP contribution in [0.1, 0.15) is 22.3 Å². The van der Waals surface area contributed by atoms with Gasteiger partial charge < -0.3 is 0 Å². The summed E-state index contributed by atoms with van der Waals surface area (Å²) in [7, 11) is 0. The molecule has 0 radical (unpaired) electrons. The molecular formula is C20H23Cl2N3. The van der Waals surface area contributed by atoms with Gasteiger partial charge in [-0.3, -0.25) is 9.91 Å². The summed E-state index contributed by atoms with van der Waals surface area (Å²) in [5.74, 6) is 0. The summed E-state index contributed by atoms with van der Waals surface area (Å²) in [5.41, 5.74) is 4.95. The number of piperazine rings is 1. The standard InChI is InChI=1S/C20H23Cl2N3/c1-15-6-7-18(16(2)12-15)14-24-8-10-25(11-9-24)23-13-17-4-3-5-19(21)20(17)22/h3-7,12-13H,8-11,14H2,1-2H3/b23-13+. The smallest absolute Gasteiger partial charge is 0.0680 e. The zero-order valence-corrected chi connectivity index (χ0v) is 16.2. The molecule has 0 bridgehead atoms. The van der Waals surface area contributed by atoms with E-state index in [0.29, 0.717) is 10.0 Å². The topological polar surface area (TPSA) is 18.8 Å². The molecule has 1 saturated heterocycles. The molecule has 0 aromatic heterocycles. The number of hydrogen-bond acceptors (Lipinski definition) is 3. The van der Waals surface area contributed by atoms with Gasteiger partial charge in [0, 0.05) is 38.3 Å². The van der Waals surface area contributed by atoms with Crippen molar-refractivity contribution in [1.29, 1.82) is 0 Å². The zero-order valence-electron chi connectivity index (χ0n) is 14.7. The molecule has 1 fully saturated rings. The maximum Gasteiger partial charge on any atom is 0.0680 e. The van der Waals surface area contributed by atoms with Crippen LogP contribution in [0, 0.1) is 13.8 Å². The highest BCUT2D eigenvalue weighted by Gasteiger charge is 2.16. The average molecular weight is 376 g/mol. The van der Waals surface area contributed by atoms with Crippen LogP contribution in [0.4, 0.5) is 0 Å². The lowest BCUT2D eigenvalue weighted by atomic mass is 10.1. The first-order valence-corrected chi connectivity index (χ1v) is 9.30. The number of rotatable bonds is 4. The Morgan fingerprint density at radius 2 is 1.80 bits per heavy atom. The molecule has 2 aromatic rings. The fourth-order valence-corrected chi connectivity index (χ4v) is 3.40. The Hall–Kier alpha value is -1.55. The highest BCUT2D eigenvalue weighted by Crippen LogP contribution is 2.24. The van der Waals surface area contributed by atoms with Crippen molar-refractivity contribution in [2.45, 2.75) is 20.4 Å². The first-order valence-electron chi connectivity index (χ1n) is 8.54. The van der Waals surface area contributed by atoms with Crippen molar-refractivity contribution < 1.29 is 0 Å². The average Bonchev–Trinajstić information content (AvgIpc) is 2.60. The number of nitrogens with zero attached hydrogens (tertiary/aromatic N) is 3. The van der Waals surface area contributed by atoms with Crippen LogP contribution in [0.2, 0.25) is 10.0 Å². The first-order chi connectivity index (χ1) is 12.0. The largest absolute Gasteiger partial charge is 0.295 e. The van der Waals surface area contributed by atoms with E-state index in [1.807, 2.05) is 12.1 Å². The third kappa shape index (κ3) is 4.75. The van der Waals surface area contributed by atoms with Crippen LogP contribution in [-0.2, 0) is 6.54 Å². The minimum Gasteiger partial charge on any atom is -0.295 e. The number of benzene rings is 2. The number of hydrogen-bond donors (Lipinski definition) is 0. The summed E-state index contributed by atoms with van der Waals surface area (Å²) in [6.07, 6.45) is 1.80. The van der Waals surface area contributed by atoms with E-state index >= 15 is 0 Å². The quantitative estimate of drug-likeness (QED) is 0.717. The first kappa shape index (κ1) is 18.2. The molecule has 5 heteroatoms. The molecular weight excluding hydrogens is 353 g/mol. The van der Waals surface area contributed by atoms with Gasteiger partial charge >= 0.3 is 0 Å². The van der Waals surface area contributed by atoms with Crippen molar-refractivity contribution in [2.75, 3.05) is 26.2 Å². The molecule has 0 aliphatic carbocycles. The maximum absolute atomic E-state index is 6.20. The summed E-state index contributed by atoms with van der Waals surface area (Å²) in [6, 6.07) is 12.3. The van der Waals surface area contributed by atoms with Gasteiger partial charge in [0.25, 0.3) is 0 Å². The predicted molar refractivity (Wildman–Crippen MR) is 107 cm³/mol. The zero-order chi connectivity index (χ0) is 17.8. The minimum atomic E-state index is 0.557. The number of halogens is 2. The van der Waals surface area contributed by atoms with Gasteiger partial charge in [0.05, 0.1) is 16.3 Å². The molecule has 3 rings (SSSR count). The van der Waals surface area contributed by atoms with Crippen LogP contribution in [0.15, 0.2) is 41.5 Å². The molecule has 0 amide bonds. The molecule has 0 saturated carbocycles. The molecule has 1 aliphatic rings. The van der Waals surface area contributed by atoms with Crippen LogP contribution < -0.4 is 0 Å². The molecule has 3 nitrogen and oxygen atoms in total. The maximum atomic E-state index is 6.20. The Morgan fingerprint density at radius 3 is 2.52 bits per heavy atom. The summed E-state index contributed by atoms with van der Waals surface area (Å²) in [4.78, 5) is 2.48. The second-order valence-corrected chi connectivity index (χ2v) is 7.33. The second-order valence-electron chi connectivity index (χ2n) is 6.55. The summed E-state index contributed by atoms with van der Waals surface area (Å²) in [5, 5.41) is 7.77. The van der Waals surface area contributed by atoms with E-state index in [4.69, 9.17) is 23.2 Å². The lowest BCUT2D eigenvalue weighted by Gasteiger charge is -2.33. The molecule has 0 unspecified atom stereocenters. The minimum absolute atomic E-state index is 0.557. The molecule has 0 N–H and O–H groups in total. The SMILES string of the molecule is Cc1ccc(CN2CCN(/N=C/c3cccc(Cl)c3Cl)CC2)c(C)c1. The van der Waals surface area contributed by atoms with Gasteiger partial charge in [-0.1, -0.05) is 59.1 Å². The molecule has 25 heavy (non-hydrogen) atoms. The van der Waals surface area contributed by atoms with E-state index in [9.17, 15) is 0 Å². The van der Waals surface area contributed by atoms with Gasteiger partial charge in [-0.15, -0.1) is 0 Å². The molecule has 1 aliphatic heterocycles. The van der Waals surface area contributed by atoms with E-state index in [2.05, 4.69) is 47.1 Å². The molecule has 0 atom stereocenters. The highest BCUT2D eigenvalue weighted by atomic mass is 35.5. The van der Waals surface area contributed by atoms with E-state index in [1.54, 1.807) is 12.3 Å². The lowest BCUT2D eigenvalue weighted by Crippen LogP contribution is -2.43. The fourth-order valence-electron chi connectivity index (χ4n) is 3.04. The Bertz CT molecular complexity index is 766. The van der Waals surface area contributed by atoms with E-state index in [-0.39, 0.29) is 0 Å². The third-order valence-corrected chi connectivity index (χ3v) is 5.42. The third-order valence-electron chi connectivity index (χ3n) is 4.58. The Kier molecular flexibility index (Phi) is 6.00. The lowest BCUT2D eigenvalue weighted by molar-refractivity contribution is 0.131. The second kappa shape index (κ2) is 8.22. The monoisotopic (exact) mass is 375 g/mol. The molecule has 2 aromatic carbocycles. The van der Waals surface area contributed by atoms with E-state index in [0.717, 1.165) is 38.3 Å². The Morgan fingerprint density at radius 1 is 1.04 bits per heavy atom. The van der Waals surface area contributed by atoms with E-state index in [1.165, 1.54) is 16.7 Å². The predicted octanol–water partition coefficient (Wildman–Crippen LogP) is 4.76. The fraction of sp³-hybridized carbons (Fsp3) is 0.350. The van der Waals surface area contributed by atoms with Crippen molar-refractivity contribution in [3.05, 3.63) is 68.7 Å². The summed E-state index contributed by atoms with van der Waals surface area (Å²) < 4.78 is 0. The van der Waals surface area contributed by atoms with Gasteiger partial charge in [0.15, 0.2) is 0 Å². The van der Waals surface area contributed by atoms with Gasteiger partial charge in [-0.05, 0) is 31.0 Å². The van der Waals surface area contributed by atoms with Gasteiger partial charge in [-0.2, -0.15) is 5.10 Å². The van der Waals surface area contributed by atoms with Crippen molar-refractivity contribution >= 4 is 29.4 Å². The van der Waals surface area contributed by atoms with Gasteiger partial charge in [0.2, 0.25) is 0 Å². The summed E-state index contributed by atoms with van der Waals surface area (Å²) in [6.45, 7) is 9.18. The Balaban J connectivity index is 1.55. The van der Waals surface area contributed by atoms with Crippen LogP contribution >= 0.6 is 23.2 Å². The van der Waals surface area contributed by atoms with Crippen molar-refractivity contribution in [3.8, 4) is 0 Å². The molecule has 132 valence electrons. The Labute approximate surface area is 159 Å². The normalized spacial score (nSPS) is 15.9.